The zero-order valence-corrected chi connectivity index (χ0v) is 14.7. The third-order valence-electron chi connectivity index (χ3n) is 1.86. The molecule has 0 fully saturated rings. The highest BCUT2D eigenvalue weighted by Crippen LogP contribution is 2.02. The van der Waals surface area contributed by atoms with Gasteiger partial charge in [-0.25, -0.2) is 0 Å². The van der Waals surface area contributed by atoms with Crippen LogP contribution in [0.5, 0.6) is 0 Å². The molecule has 0 aliphatic carbocycles. The molecule has 0 heterocycles. The minimum Gasteiger partial charge on any atom is -0.372 e. The molecule has 0 aromatic heterocycles. The van der Waals surface area contributed by atoms with Crippen LogP contribution in [0.1, 0.15) is 53.4 Å². The normalized spacial score (nSPS) is 11.7. The second-order valence-electron chi connectivity index (χ2n) is 4.00. The maximum absolute atomic E-state index is 5.77. The molecule has 0 unspecified atom stereocenters. The third kappa shape index (κ3) is 11.7. The van der Waals surface area contributed by atoms with E-state index in [1.807, 2.05) is 0 Å². The Morgan fingerprint density at radius 1 is 0.526 bits per heavy atom. The van der Waals surface area contributed by atoms with Gasteiger partial charge in [0.15, 0.2) is 0 Å². The molecule has 0 aromatic rings. The molecule has 0 bridgehead atoms. The van der Waals surface area contributed by atoms with Crippen LogP contribution >= 0.6 is 0 Å². The zero-order chi connectivity index (χ0) is 14.3. The van der Waals surface area contributed by atoms with E-state index in [0.29, 0.717) is 26.4 Å². The molecule has 0 rings (SSSR count). The average molecular weight is 309 g/mol. The summed E-state index contributed by atoms with van der Waals surface area (Å²) >= 11 is 0. The Kier molecular flexibility index (Phi) is 14.8. The number of hydrogen-bond donors (Lipinski definition) is 0. The summed E-state index contributed by atoms with van der Waals surface area (Å²) in [6.45, 7) is 10.8. The van der Waals surface area contributed by atoms with Gasteiger partial charge in [-0.3, -0.25) is 0 Å². The van der Waals surface area contributed by atoms with Gasteiger partial charge in [-0.2, -0.15) is 0 Å². The Bertz CT molecular complexity index is 152. The summed E-state index contributed by atoms with van der Waals surface area (Å²) in [5, 5.41) is 0. The van der Waals surface area contributed by atoms with Crippen molar-refractivity contribution in [1.82, 2.24) is 0 Å². The molecule has 0 aliphatic rings. The summed E-state index contributed by atoms with van der Waals surface area (Å²) in [6, 6.07) is 0. The lowest BCUT2D eigenvalue weighted by Gasteiger charge is -2.19. The number of hydrogen-bond acceptors (Lipinski definition) is 5. The van der Waals surface area contributed by atoms with Crippen LogP contribution in [0.15, 0.2) is 0 Å². The topological polar surface area (TPSA) is 46.2 Å². The molecule has 0 N–H and O–H groups in total. The first-order chi connectivity index (χ1) is 9.28. The van der Waals surface area contributed by atoms with Gasteiger partial charge in [-0.1, -0.05) is 27.7 Å². The Hall–Kier alpha value is 0.234. The molecule has 7 heteroatoms. The lowest BCUT2D eigenvalue weighted by molar-refractivity contribution is 0.0831. The van der Waals surface area contributed by atoms with Gasteiger partial charge < -0.3 is 21.8 Å². The molecule has 0 saturated heterocycles. The van der Waals surface area contributed by atoms with E-state index in [-0.39, 0.29) is 0 Å². The van der Waals surface area contributed by atoms with Gasteiger partial charge in [0.25, 0.3) is 0 Å². The summed E-state index contributed by atoms with van der Waals surface area (Å²) in [7, 11) is -3.47. The van der Waals surface area contributed by atoms with Crippen LogP contribution in [0, 0.1) is 0 Å². The molecule has 2 radical (unpaired) electrons. The van der Waals surface area contributed by atoms with Gasteiger partial charge in [0.05, 0.1) is 0 Å². The van der Waals surface area contributed by atoms with E-state index in [1.54, 1.807) is 0 Å². The van der Waals surface area contributed by atoms with Crippen LogP contribution in [0.2, 0.25) is 0 Å². The fourth-order valence-corrected chi connectivity index (χ4v) is 4.15. The van der Waals surface area contributed by atoms with Crippen molar-refractivity contribution >= 4 is 19.1 Å². The van der Waals surface area contributed by atoms with Gasteiger partial charge in [0.1, 0.15) is 0 Å². The first-order valence-electron chi connectivity index (χ1n) is 7.21. The van der Waals surface area contributed by atoms with Gasteiger partial charge in [0, 0.05) is 26.4 Å². The number of rotatable bonds is 14. The largest absolute Gasteiger partial charge is 0.569 e. The van der Waals surface area contributed by atoms with E-state index >= 15 is 0 Å². The van der Waals surface area contributed by atoms with Crippen molar-refractivity contribution in [2.45, 2.75) is 53.4 Å². The minimum atomic E-state index is -1.73. The molecule has 0 aromatic carbocycles. The molecular weight excluding hydrogens is 280 g/mol. The Labute approximate surface area is 121 Å². The SMILES string of the molecule is CCCO[Si](OCCC)O[Si](OCCC)OCCC. The van der Waals surface area contributed by atoms with Crippen LogP contribution in [0.25, 0.3) is 0 Å². The Morgan fingerprint density at radius 2 is 0.789 bits per heavy atom. The van der Waals surface area contributed by atoms with Crippen LogP contribution < -0.4 is 0 Å². The van der Waals surface area contributed by atoms with Crippen LogP contribution in [-0.2, 0) is 21.8 Å². The molecule has 5 nitrogen and oxygen atoms in total. The third-order valence-corrected chi connectivity index (χ3v) is 4.96. The molecule has 0 spiro atoms. The first kappa shape index (κ1) is 19.2. The Balaban J connectivity index is 4.16. The van der Waals surface area contributed by atoms with Gasteiger partial charge in [-0.15, -0.1) is 0 Å². The highest BCUT2D eigenvalue weighted by Gasteiger charge is 2.29. The van der Waals surface area contributed by atoms with Crippen molar-refractivity contribution in [3.8, 4) is 0 Å². The zero-order valence-electron chi connectivity index (χ0n) is 12.7. The van der Waals surface area contributed by atoms with E-state index < -0.39 is 19.1 Å². The van der Waals surface area contributed by atoms with E-state index in [1.165, 1.54) is 0 Å². The fourth-order valence-electron chi connectivity index (χ4n) is 1.01. The lowest BCUT2D eigenvalue weighted by Crippen LogP contribution is -2.39. The summed E-state index contributed by atoms with van der Waals surface area (Å²) in [5.74, 6) is 0. The van der Waals surface area contributed by atoms with Crippen molar-refractivity contribution in [2.75, 3.05) is 26.4 Å². The van der Waals surface area contributed by atoms with Crippen molar-refractivity contribution < 1.29 is 21.8 Å². The Morgan fingerprint density at radius 3 is 1.00 bits per heavy atom. The summed E-state index contributed by atoms with van der Waals surface area (Å²) in [6.07, 6.45) is 3.78. The molecule has 19 heavy (non-hydrogen) atoms. The van der Waals surface area contributed by atoms with E-state index in [0.717, 1.165) is 25.7 Å². The highest BCUT2D eigenvalue weighted by atomic mass is 28.4. The monoisotopic (exact) mass is 308 g/mol. The summed E-state index contributed by atoms with van der Waals surface area (Å²) in [4.78, 5) is 0. The molecule has 0 aliphatic heterocycles. The maximum atomic E-state index is 5.77. The van der Waals surface area contributed by atoms with Gasteiger partial charge >= 0.3 is 19.1 Å². The van der Waals surface area contributed by atoms with Gasteiger partial charge in [0.2, 0.25) is 0 Å². The van der Waals surface area contributed by atoms with Gasteiger partial charge in [-0.05, 0) is 25.7 Å². The first-order valence-corrected chi connectivity index (χ1v) is 9.66. The lowest BCUT2D eigenvalue weighted by atomic mass is 10.5. The molecular formula is C12H28O5Si2. The van der Waals surface area contributed by atoms with E-state index in [4.69, 9.17) is 21.8 Å². The standard InChI is InChI=1S/C12H28O5Si2/c1-5-9-13-18(14-10-6-2)17-19(15-11-7-3)16-12-8-4/h5-12H2,1-4H3. The second kappa shape index (κ2) is 14.6. The smallest absolute Gasteiger partial charge is 0.372 e. The molecule has 114 valence electrons. The van der Waals surface area contributed by atoms with Crippen LogP contribution in [0.4, 0.5) is 0 Å². The van der Waals surface area contributed by atoms with Crippen LogP contribution in [-0.4, -0.2) is 45.5 Å². The van der Waals surface area contributed by atoms with Crippen LogP contribution in [0.3, 0.4) is 0 Å². The quantitative estimate of drug-likeness (QED) is 0.462. The molecule has 0 saturated carbocycles. The van der Waals surface area contributed by atoms with Crippen molar-refractivity contribution in [3.05, 3.63) is 0 Å². The average Bonchev–Trinajstić information content (AvgIpc) is 2.44. The van der Waals surface area contributed by atoms with E-state index in [9.17, 15) is 0 Å². The molecule has 0 amide bonds. The molecule has 0 atom stereocenters. The highest BCUT2D eigenvalue weighted by molar-refractivity contribution is 6.51. The van der Waals surface area contributed by atoms with Crippen molar-refractivity contribution in [2.24, 2.45) is 0 Å². The fraction of sp³-hybridized carbons (Fsp3) is 1.00. The van der Waals surface area contributed by atoms with Crippen molar-refractivity contribution in [1.29, 1.82) is 0 Å². The van der Waals surface area contributed by atoms with Crippen molar-refractivity contribution in [3.63, 3.8) is 0 Å². The predicted octanol–water partition coefficient (Wildman–Crippen LogP) is 2.68. The van der Waals surface area contributed by atoms with E-state index in [2.05, 4.69) is 27.7 Å². The minimum absolute atomic E-state index is 0.648. The summed E-state index contributed by atoms with van der Waals surface area (Å²) < 4.78 is 28.2. The maximum Gasteiger partial charge on any atom is 0.569 e. The summed E-state index contributed by atoms with van der Waals surface area (Å²) in [5.41, 5.74) is 0. The predicted molar refractivity (Wildman–Crippen MR) is 77.6 cm³/mol. The second-order valence-corrected chi connectivity index (χ2v) is 6.97.